The van der Waals surface area contributed by atoms with Crippen LogP contribution in [0.4, 0.5) is 0 Å². The fourth-order valence-corrected chi connectivity index (χ4v) is 1.30. The minimum atomic E-state index is 0.898. The minimum Gasteiger partial charge on any atom is -0.0651 e. The summed E-state index contributed by atoms with van der Waals surface area (Å²) in [6.07, 6.45) is 2.65. The highest BCUT2D eigenvalue weighted by Crippen LogP contribution is 2.24. The van der Waals surface area contributed by atoms with Crippen molar-refractivity contribution in [1.29, 1.82) is 0 Å². The average molecular weight is 142 g/mol. The lowest BCUT2D eigenvalue weighted by Gasteiger charge is -2.23. The highest BCUT2D eigenvalue weighted by Gasteiger charge is 2.15. The second kappa shape index (κ2) is 4.76. The third kappa shape index (κ3) is 2.72. The molecule has 2 atom stereocenters. The van der Waals surface area contributed by atoms with Crippen LogP contribution in [0.15, 0.2) is 0 Å². The Morgan fingerprint density at radius 3 is 1.30 bits per heavy atom. The molecule has 0 aromatic heterocycles. The molecule has 0 spiro atoms. The average Bonchev–Trinajstić information content (AvgIpc) is 2.00. The largest absolute Gasteiger partial charge is 0.0651 e. The van der Waals surface area contributed by atoms with Crippen LogP contribution in [0, 0.1) is 17.8 Å². The third-order valence-electron chi connectivity index (χ3n) is 3.08. The van der Waals surface area contributed by atoms with Gasteiger partial charge in [0.15, 0.2) is 0 Å². The highest BCUT2D eigenvalue weighted by molar-refractivity contribution is 4.65. The maximum atomic E-state index is 2.38. The standard InChI is InChI=1S/C10H22/c1-6-8(3)10(5)9(4)7-2/h8-10H,6-7H2,1-5H3/t8-,9-/m1/s1. The molecule has 0 aromatic rings. The van der Waals surface area contributed by atoms with Gasteiger partial charge in [-0.3, -0.25) is 0 Å². The summed E-state index contributed by atoms with van der Waals surface area (Å²) in [7, 11) is 0. The zero-order valence-electron chi connectivity index (χ0n) is 8.15. The van der Waals surface area contributed by atoms with E-state index in [2.05, 4.69) is 34.6 Å². The molecule has 0 amide bonds. The number of rotatable bonds is 4. The fourth-order valence-electron chi connectivity index (χ4n) is 1.30. The molecule has 0 nitrogen and oxygen atoms in total. The molecule has 10 heavy (non-hydrogen) atoms. The smallest absolute Gasteiger partial charge is 0.0391 e. The van der Waals surface area contributed by atoms with Gasteiger partial charge in [-0.2, -0.15) is 0 Å². The highest BCUT2D eigenvalue weighted by atomic mass is 14.2. The second-order valence-electron chi connectivity index (χ2n) is 3.63. The fraction of sp³-hybridized carbons (Fsp3) is 1.00. The van der Waals surface area contributed by atoms with E-state index in [-0.39, 0.29) is 0 Å². The quantitative estimate of drug-likeness (QED) is 0.561. The minimum absolute atomic E-state index is 0.898. The zero-order chi connectivity index (χ0) is 8.15. The van der Waals surface area contributed by atoms with E-state index in [1.54, 1.807) is 0 Å². The van der Waals surface area contributed by atoms with Crippen LogP contribution >= 0.6 is 0 Å². The van der Waals surface area contributed by atoms with E-state index < -0.39 is 0 Å². The van der Waals surface area contributed by atoms with Crippen LogP contribution in [0.25, 0.3) is 0 Å². The molecular formula is C10H22. The summed E-state index contributed by atoms with van der Waals surface area (Å²) < 4.78 is 0. The zero-order valence-corrected chi connectivity index (χ0v) is 8.15. The molecule has 0 aliphatic carbocycles. The monoisotopic (exact) mass is 142 g/mol. The summed E-state index contributed by atoms with van der Waals surface area (Å²) in [6.45, 7) is 11.7. The summed E-state index contributed by atoms with van der Waals surface area (Å²) in [5, 5.41) is 0. The SMILES string of the molecule is CC[C@@H](C)C(C)[C@H](C)CC. The van der Waals surface area contributed by atoms with Crippen LogP contribution in [0.1, 0.15) is 47.5 Å². The first kappa shape index (κ1) is 10.0. The Balaban J connectivity index is 3.69. The number of hydrogen-bond donors (Lipinski definition) is 0. The Kier molecular flexibility index (Phi) is 4.76. The van der Waals surface area contributed by atoms with Crippen LogP contribution in [-0.4, -0.2) is 0 Å². The predicted octanol–water partition coefficient (Wildman–Crippen LogP) is 3.71. The first-order valence-electron chi connectivity index (χ1n) is 4.63. The van der Waals surface area contributed by atoms with Crippen molar-refractivity contribution < 1.29 is 0 Å². The molecule has 62 valence electrons. The molecule has 0 heterocycles. The van der Waals surface area contributed by atoms with Gasteiger partial charge >= 0.3 is 0 Å². The molecule has 0 N–H and O–H groups in total. The molecular weight excluding hydrogens is 120 g/mol. The number of hydrogen-bond acceptors (Lipinski definition) is 0. The molecule has 0 aromatic carbocycles. The van der Waals surface area contributed by atoms with Crippen molar-refractivity contribution in [3.8, 4) is 0 Å². The van der Waals surface area contributed by atoms with E-state index in [0.29, 0.717) is 0 Å². The first-order chi connectivity index (χ1) is 4.63. The van der Waals surface area contributed by atoms with Crippen molar-refractivity contribution in [2.75, 3.05) is 0 Å². The second-order valence-corrected chi connectivity index (χ2v) is 3.63. The van der Waals surface area contributed by atoms with E-state index in [4.69, 9.17) is 0 Å². The molecule has 0 fully saturated rings. The maximum Gasteiger partial charge on any atom is -0.0391 e. The molecule has 0 unspecified atom stereocenters. The van der Waals surface area contributed by atoms with Gasteiger partial charge in [-0.15, -0.1) is 0 Å². The lowest BCUT2D eigenvalue weighted by Crippen LogP contribution is -2.14. The Morgan fingerprint density at radius 2 is 1.10 bits per heavy atom. The van der Waals surface area contributed by atoms with Gasteiger partial charge < -0.3 is 0 Å². The van der Waals surface area contributed by atoms with Crippen LogP contribution < -0.4 is 0 Å². The van der Waals surface area contributed by atoms with Gasteiger partial charge in [-0.05, 0) is 17.8 Å². The summed E-state index contributed by atoms with van der Waals surface area (Å²) in [5.74, 6) is 2.69. The van der Waals surface area contributed by atoms with Crippen LogP contribution in [0.2, 0.25) is 0 Å². The van der Waals surface area contributed by atoms with Gasteiger partial charge in [0.1, 0.15) is 0 Å². The van der Waals surface area contributed by atoms with E-state index in [1.165, 1.54) is 12.8 Å². The molecule has 0 saturated heterocycles. The molecule has 0 radical (unpaired) electrons. The van der Waals surface area contributed by atoms with Crippen molar-refractivity contribution in [2.45, 2.75) is 47.5 Å². The predicted molar refractivity (Wildman–Crippen MR) is 48.1 cm³/mol. The van der Waals surface area contributed by atoms with Crippen LogP contribution in [0.5, 0.6) is 0 Å². The van der Waals surface area contributed by atoms with Gasteiger partial charge in [0.05, 0.1) is 0 Å². The lowest BCUT2D eigenvalue weighted by atomic mass is 9.82. The first-order valence-corrected chi connectivity index (χ1v) is 4.63. The molecule has 0 aliphatic heterocycles. The van der Waals surface area contributed by atoms with Gasteiger partial charge in [-0.25, -0.2) is 0 Å². The summed E-state index contributed by atoms with van der Waals surface area (Å²) >= 11 is 0. The van der Waals surface area contributed by atoms with Crippen LogP contribution in [-0.2, 0) is 0 Å². The van der Waals surface area contributed by atoms with E-state index in [1.807, 2.05) is 0 Å². The van der Waals surface area contributed by atoms with Crippen molar-refractivity contribution in [3.63, 3.8) is 0 Å². The third-order valence-corrected chi connectivity index (χ3v) is 3.08. The molecule has 0 rings (SSSR count). The molecule has 0 aliphatic rings. The van der Waals surface area contributed by atoms with Crippen LogP contribution in [0.3, 0.4) is 0 Å². The Morgan fingerprint density at radius 1 is 0.800 bits per heavy atom. The van der Waals surface area contributed by atoms with Gasteiger partial charge in [0.25, 0.3) is 0 Å². The summed E-state index contributed by atoms with van der Waals surface area (Å²) in [4.78, 5) is 0. The van der Waals surface area contributed by atoms with E-state index >= 15 is 0 Å². The lowest BCUT2D eigenvalue weighted by molar-refractivity contribution is 0.267. The van der Waals surface area contributed by atoms with Crippen molar-refractivity contribution in [3.05, 3.63) is 0 Å². The van der Waals surface area contributed by atoms with Gasteiger partial charge in [0.2, 0.25) is 0 Å². The molecule has 0 bridgehead atoms. The van der Waals surface area contributed by atoms with Crippen molar-refractivity contribution in [1.82, 2.24) is 0 Å². The van der Waals surface area contributed by atoms with Gasteiger partial charge in [0, 0.05) is 0 Å². The van der Waals surface area contributed by atoms with Gasteiger partial charge in [-0.1, -0.05) is 47.5 Å². The molecule has 0 saturated carbocycles. The van der Waals surface area contributed by atoms with E-state index in [0.717, 1.165) is 17.8 Å². The maximum absolute atomic E-state index is 2.38. The Hall–Kier alpha value is 0. The summed E-state index contributed by atoms with van der Waals surface area (Å²) in [5.41, 5.74) is 0. The van der Waals surface area contributed by atoms with Crippen molar-refractivity contribution in [2.24, 2.45) is 17.8 Å². The topological polar surface area (TPSA) is 0 Å². The normalized spacial score (nSPS) is 17.4. The van der Waals surface area contributed by atoms with Crippen molar-refractivity contribution >= 4 is 0 Å². The Bertz CT molecular complexity index is 66.1. The molecule has 0 heteroatoms. The Labute approximate surface area is 66.0 Å². The van der Waals surface area contributed by atoms with E-state index in [9.17, 15) is 0 Å². The summed E-state index contributed by atoms with van der Waals surface area (Å²) in [6, 6.07) is 0.